The Labute approximate surface area is 125 Å². The lowest BCUT2D eigenvalue weighted by Crippen LogP contribution is -2.59. The number of anilines is 1. The molecular weight excluding hydrogens is 271 g/mol. The summed E-state index contributed by atoms with van der Waals surface area (Å²) in [5.41, 5.74) is 0.455. The van der Waals surface area contributed by atoms with Crippen LogP contribution >= 0.6 is 0 Å². The molecule has 116 valence electrons. The van der Waals surface area contributed by atoms with Gasteiger partial charge in [0.25, 0.3) is 0 Å². The third-order valence-electron chi connectivity index (χ3n) is 4.48. The Morgan fingerprint density at radius 2 is 1.81 bits per heavy atom. The van der Waals surface area contributed by atoms with Crippen LogP contribution in [-0.4, -0.2) is 49.7 Å². The first-order valence-electron chi connectivity index (χ1n) is 7.35. The van der Waals surface area contributed by atoms with E-state index in [1.807, 2.05) is 13.8 Å². The Morgan fingerprint density at radius 1 is 1.24 bits per heavy atom. The standard InChI is InChI=1S/C16H23FN2O2/c1-4-16(2,15(20)21-3)19-11-9-18(10-12-19)14-7-5-13(17)6-8-14/h5-8H,4,9-12H2,1-3H3/t16-/m0/s1. The van der Waals surface area contributed by atoms with E-state index in [1.54, 1.807) is 12.1 Å². The highest BCUT2D eigenvalue weighted by Gasteiger charge is 2.40. The van der Waals surface area contributed by atoms with Gasteiger partial charge >= 0.3 is 5.97 Å². The average molecular weight is 294 g/mol. The molecule has 1 aliphatic rings. The fourth-order valence-electron chi connectivity index (χ4n) is 2.83. The summed E-state index contributed by atoms with van der Waals surface area (Å²) in [5.74, 6) is -0.401. The minimum Gasteiger partial charge on any atom is -0.468 e. The molecule has 1 fully saturated rings. The summed E-state index contributed by atoms with van der Waals surface area (Å²) in [6, 6.07) is 6.55. The minimum absolute atomic E-state index is 0.180. The molecule has 0 bridgehead atoms. The van der Waals surface area contributed by atoms with E-state index >= 15 is 0 Å². The number of nitrogens with zero attached hydrogens (tertiary/aromatic N) is 2. The number of methoxy groups -OCH3 is 1. The van der Waals surface area contributed by atoms with Crippen molar-refractivity contribution >= 4 is 11.7 Å². The molecule has 0 N–H and O–H groups in total. The predicted molar refractivity (Wildman–Crippen MR) is 80.9 cm³/mol. The van der Waals surface area contributed by atoms with Gasteiger partial charge in [-0.1, -0.05) is 6.92 Å². The first-order valence-corrected chi connectivity index (χ1v) is 7.35. The van der Waals surface area contributed by atoms with Crippen LogP contribution in [0.2, 0.25) is 0 Å². The molecule has 21 heavy (non-hydrogen) atoms. The lowest BCUT2D eigenvalue weighted by Gasteiger charge is -2.44. The molecular formula is C16H23FN2O2. The van der Waals surface area contributed by atoms with Gasteiger partial charge in [-0.25, -0.2) is 4.39 Å². The molecule has 2 rings (SSSR count). The van der Waals surface area contributed by atoms with Crippen molar-refractivity contribution < 1.29 is 13.9 Å². The maximum absolute atomic E-state index is 13.0. The molecule has 4 nitrogen and oxygen atoms in total. The summed E-state index contributed by atoms with van der Waals surface area (Å²) in [5, 5.41) is 0. The van der Waals surface area contributed by atoms with Gasteiger partial charge in [0.2, 0.25) is 0 Å². The number of esters is 1. The van der Waals surface area contributed by atoms with Crippen LogP contribution < -0.4 is 4.90 Å². The van der Waals surface area contributed by atoms with Crippen LogP contribution in [0, 0.1) is 5.82 Å². The number of piperazine rings is 1. The number of rotatable bonds is 4. The number of benzene rings is 1. The monoisotopic (exact) mass is 294 g/mol. The van der Waals surface area contributed by atoms with Gasteiger partial charge in [0, 0.05) is 31.9 Å². The van der Waals surface area contributed by atoms with Gasteiger partial charge in [-0.2, -0.15) is 0 Å². The molecule has 0 spiro atoms. The van der Waals surface area contributed by atoms with Gasteiger partial charge in [0.05, 0.1) is 7.11 Å². The van der Waals surface area contributed by atoms with Crippen molar-refractivity contribution in [1.29, 1.82) is 0 Å². The Morgan fingerprint density at radius 3 is 2.29 bits per heavy atom. The van der Waals surface area contributed by atoms with Crippen LogP contribution in [-0.2, 0) is 9.53 Å². The lowest BCUT2D eigenvalue weighted by molar-refractivity contribution is -0.155. The number of hydrogen-bond acceptors (Lipinski definition) is 4. The van der Waals surface area contributed by atoms with Crippen molar-refractivity contribution in [3.8, 4) is 0 Å². The lowest BCUT2D eigenvalue weighted by atomic mass is 9.95. The van der Waals surface area contributed by atoms with Crippen LogP contribution in [0.15, 0.2) is 24.3 Å². The molecule has 0 saturated carbocycles. The highest BCUT2D eigenvalue weighted by Crippen LogP contribution is 2.25. The maximum Gasteiger partial charge on any atom is 0.325 e. The third-order valence-corrected chi connectivity index (χ3v) is 4.48. The van der Waals surface area contributed by atoms with Crippen molar-refractivity contribution in [2.45, 2.75) is 25.8 Å². The second-order valence-electron chi connectivity index (χ2n) is 5.57. The van der Waals surface area contributed by atoms with Crippen molar-refractivity contribution in [3.05, 3.63) is 30.1 Å². The van der Waals surface area contributed by atoms with Gasteiger partial charge in [-0.3, -0.25) is 9.69 Å². The van der Waals surface area contributed by atoms with Gasteiger partial charge in [-0.05, 0) is 37.6 Å². The fourth-order valence-corrected chi connectivity index (χ4v) is 2.83. The summed E-state index contributed by atoms with van der Waals surface area (Å²) < 4.78 is 17.9. The Balaban J connectivity index is 2.02. The molecule has 0 aromatic heterocycles. The first kappa shape index (κ1) is 15.8. The van der Waals surface area contributed by atoms with E-state index in [2.05, 4.69) is 9.80 Å². The maximum atomic E-state index is 13.0. The normalized spacial score (nSPS) is 19.1. The average Bonchev–Trinajstić information content (AvgIpc) is 2.54. The number of carbonyl (C=O) groups is 1. The van der Waals surface area contributed by atoms with Crippen LogP contribution in [0.4, 0.5) is 10.1 Å². The number of halogens is 1. The Bertz CT molecular complexity index is 484. The third kappa shape index (κ3) is 3.18. The fraction of sp³-hybridized carbons (Fsp3) is 0.562. The molecule has 0 unspecified atom stereocenters. The number of hydrogen-bond donors (Lipinski definition) is 0. The second-order valence-corrected chi connectivity index (χ2v) is 5.57. The smallest absolute Gasteiger partial charge is 0.325 e. The van der Waals surface area contributed by atoms with Crippen LogP contribution in [0.5, 0.6) is 0 Å². The van der Waals surface area contributed by atoms with Crippen LogP contribution in [0.25, 0.3) is 0 Å². The SMILES string of the molecule is CC[C@@](C)(C(=O)OC)N1CCN(c2ccc(F)cc2)CC1. The molecule has 0 radical (unpaired) electrons. The Hall–Kier alpha value is -1.62. The van der Waals surface area contributed by atoms with Crippen molar-refractivity contribution in [2.75, 3.05) is 38.2 Å². The zero-order valence-corrected chi connectivity index (χ0v) is 12.9. The molecule has 1 aliphatic heterocycles. The zero-order chi connectivity index (χ0) is 15.5. The van der Waals surface area contributed by atoms with Gasteiger partial charge in [-0.15, -0.1) is 0 Å². The van der Waals surface area contributed by atoms with E-state index in [0.717, 1.165) is 38.3 Å². The van der Waals surface area contributed by atoms with E-state index in [0.29, 0.717) is 0 Å². The molecule has 1 atom stereocenters. The van der Waals surface area contributed by atoms with Gasteiger partial charge in [0.1, 0.15) is 11.4 Å². The molecule has 1 aromatic rings. The molecule has 5 heteroatoms. The predicted octanol–water partition coefficient (Wildman–Crippen LogP) is 2.29. The van der Waals surface area contributed by atoms with E-state index in [9.17, 15) is 9.18 Å². The summed E-state index contributed by atoms with van der Waals surface area (Å²) >= 11 is 0. The summed E-state index contributed by atoms with van der Waals surface area (Å²) in [6.45, 7) is 7.15. The topological polar surface area (TPSA) is 32.8 Å². The van der Waals surface area contributed by atoms with Crippen molar-refractivity contribution in [1.82, 2.24) is 4.90 Å². The van der Waals surface area contributed by atoms with Gasteiger partial charge in [0.15, 0.2) is 0 Å². The zero-order valence-electron chi connectivity index (χ0n) is 12.9. The second kappa shape index (κ2) is 6.43. The quantitative estimate of drug-likeness (QED) is 0.798. The number of ether oxygens (including phenoxy) is 1. The van der Waals surface area contributed by atoms with Crippen molar-refractivity contribution in [3.63, 3.8) is 0 Å². The largest absolute Gasteiger partial charge is 0.468 e. The molecule has 1 heterocycles. The number of carbonyl (C=O) groups excluding carboxylic acids is 1. The molecule has 0 aliphatic carbocycles. The molecule has 1 aromatic carbocycles. The summed E-state index contributed by atoms with van der Waals surface area (Å²) in [4.78, 5) is 16.4. The van der Waals surface area contributed by atoms with E-state index < -0.39 is 5.54 Å². The summed E-state index contributed by atoms with van der Waals surface area (Å²) in [7, 11) is 1.44. The first-order chi connectivity index (χ1) is 10.0. The highest BCUT2D eigenvalue weighted by molar-refractivity contribution is 5.80. The Kier molecular flexibility index (Phi) is 4.83. The van der Waals surface area contributed by atoms with Crippen LogP contribution in [0.3, 0.4) is 0 Å². The minimum atomic E-state index is -0.566. The van der Waals surface area contributed by atoms with Crippen molar-refractivity contribution in [2.24, 2.45) is 0 Å². The van der Waals surface area contributed by atoms with E-state index in [-0.39, 0.29) is 11.8 Å². The van der Waals surface area contributed by atoms with Crippen LogP contribution in [0.1, 0.15) is 20.3 Å². The van der Waals surface area contributed by atoms with E-state index in [4.69, 9.17) is 4.74 Å². The molecule has 1 saturated heterocycles. The summed E-state index contributed by atoms with van der Waals surface area (Å²) in [6.07, 6.45) is 0.718. The van der Waals surface area contributed by atoms with E-state index in [1.165, 1.54) is 19.2 Å². The molecule has 0 amide bonds. The highest BCUT2D eigenvalue weighted by atomic mass is 19.1. The van der Waals surface area contributed by atoms with Gasteiger partial charge < -0.3 is 9.64 Å².